The first-order valence-corrected chi connectivity index (χ1v) is 6.01. The third kappa shape index (κ3) is 3.33. The van der Waals surface area contributed by atoms with Crippen molar-refractivity contribution in [3.05, 3.63) is 18.5 Å². The lowest BCUT2D eigenvalue weighted by molar-refractivity contribution is -0.138. The summed E-state index contributed by atoms with van der Waals surface area (Å²) in [6.07, 6.45) is 4.56. The number of carboxylic acid groups (broad SMARTS) is 1. The van der Waals surface area contributed by atoms with E-state index in [2.05, 4.69) is 25.6 Å². The zero-order valence-corrected chi connectivity index (χ0v) is 10.5. The van der Waals surface area contributed by atoms with Gasteiger partial charge in [0, 0.05) is 0 Å². The highest BCUT2D eigenvalue weighted by molar-refractivity contribution is 5.67. The summed E-state index contributed by atoms with van der Waals surface area (Å²) in [6, 6.07) is -0.240. The molecule has 1 unspecified atom stereocenters. The molecule has 1 atom stereocenters. The summed E-state index contributed by atoms with van der Waals surface area (Å²) in [5.41, 5.74) is 0. The number of tetrazole rings is 1. The van der Waals surface area contributed by atoms with Gasteiger partial charge in [-0.25, -0.2) is 14.3 Å². The Morgan fingerprint density at radius 1 is 1.53 bits per heavy atom. The molecule has 0 bridgehead atoms. The second kappa shape index (κ2) is 6.03. The average Bonchev–Trinajstić information content (AvgIpc) is 3.00. The van der Waals surface area contributed by atoms with Gasteiger partial charge >= 0.3 is 5.97 Å². The molecule has 2 heterocycles. The SMILES string of the molecule is CCCC(CC(=O)O)n1nnnc1Cn1cncn1. The van der Waals surface area contributed by atoms with E-state index in [1.54, 1.807) is 15.7 Å². The predicted octanol–water partition coefficient (Wildman–Crippen LogP) is 0.129. The van der Waals surface area contributed by atoms with Crippen LogP contribution in [-0.2, 0) is 11.3 Å². The third-order valence-corrected chi connectivity index (χ3v) is 2.71. The first-order chi connectivity index (χ1) is 9.20. The van der Waals surface area contributed by atoms with E-state index in [0.29, 0.717) is 18.8 Å². The van der Waals surface area contributed by atoms with E-state index in [1.165, 1.54) is 6.33 Å². The molecule has 2 aromatic rings. The Bertz CT molecular complexity index is 522. The molecule has 0 radical (unpaired) electrons. The number of hydrogen-bond donors (Lipinski definition) is 1. The standard InChI is InChI=1S/C10H15N7O2/c1-2-3-8(4-10(18)19)17-9(13-14-15-17)5-16-7-11-6-12-16/h6-8H,2-5H2,1H3,(H,18,19). The Labute approximate surface area is 109 Å². The van der Waals surface area contributed by atoms with Gasteiger partial charge in [-0.3, -0.25) is 4.79 Å². The monoisotopic (exact) mass is 265 g/mol. The second-order valence-corrected chi connectivity index (χ2v) is 4.17. The highest BCUT2D eigenvalue weighted by Crippen LogP contribution is 2.18. The third-order valence-electron chi connectivity index (χ3n) is 2.71. The summed E-state index contributed by atoms with van der Waals surface area (Å²) in [4.78, 5) is 14.7. The van der Waals surface area contributed by atoms with Gasteiger partial charge in [-0.15, -0.1) is 5.10 Å². The molecular formula is C10H15N7O2. The van der Waals surface area contributed by atoms with Gasteiger partial charge in [-0.1, -0.05) is 13.3 Å². The Morgan fingerprint density at radius 2 is 2.37 bits per heavy atom. The zero-order valence-electron chi connectivity index (χ0n) is 10.5. The number of aromatic nitrogens is 7. The molecule has 1 N–H and O–H groups in total. The van der Waals surface area contributed by atoms with Crippen LogP contribution in [0.25, 0.3) is 0 Å². The van der Waals surface area contributed by atoms with Crippen molar-refractivity contribution in [1.29, 1.82) is 0 Å². The van der Waals surface area contributed by atoms with Crippen LogP contribution in [0.15, 0.2) is 12.7 Å². The lowest BCUT2D eigenvalue weighted by atomic mass is 10.1. The first-order valence-electron chi connectivity index (χ1n) is 6.01. The van der Waals surface area contributed by atoms with Crippen LogP contribution in [0.5, 0.6) is 0 Å². The molecule has 0 aromatic carbocycles. The van der Waals surface area contributed by atoms with Gasteiger partial charge in [0.15, 0.2) is 5.82 Å². The van der Waals surface area contributed by atoms with Gasteiger partial charge in [0.1, 0.15) is 19.2 Å². The minimum absolute atomic E-state index is 0.00321. The molecule has 0 spiro atoms. The van der Waals surface area contributed by atoms with Crippen molar-refractivity contribution < 1.29 is 9.90 Å². The maximum Gasteiger partial charge on any atom is 0.305 e. The molecule has 19 heavy (non-hydrogen) atoms. The first kappa shape index (κ1) is 13.1. The quantitative estimate of drug-likeness (QED) is 0.757. The molecule has 0 fully saturated rings. The Balaban J connectivity index is 2.18. The van der Waals surface area contributed by atoms with Crippen molar-refractivity contribution in [2.45, 2.75) is 38.8 Å². The Hall–Kier alpha value is -2.32. The fraction of sp³-hybridized carbons (Fsp3) is 0.600. The molecule has 0 amide bonds. The summed E-state index contributed by atoms with van der Waals surface area (Å²) in [7, 11) is 0. The number of carboxylic acids is 1. The van der Waals surface area contributed by atoms with E-state index >= 15 is 0 Å². The minimum Gasteiger partial charge on any atom is -0.481 e. The lowest BCUT2D eigenvalue weighted by Gasteiger charge is -2.15. The second-order valence-electron chi connectivity index (χ2n) is 4.17. The molecule has 0 aliphatic rings. The summed E-state index contributed by atoms with van der Waals surface area (Å²) >= 11 is 0. The molecule has 2 rings (SSSR count). The minimum atomic E-state index is -0.861. The van der Waals surface area contributed by atoms with Crippen LogP contribution in [0.1, 0.15) is 38.1 Å². The van der Waals surface area contributed by atoms with Crippen LogP contribution in [0.2, 0.25) is 0 Å². The summed E-state index contributed by atoms with van der Waals surface area (Å²) in [5, 5.41) is 24.4. The molecule has 2 aromatic heterocycles. The largest absolute Gasteiger partial charge is 0.481 e. The Morgan fingerprint density at radius 3 is 3.00 bits per heavy atom. The van der Waals surface area contributed by atoms with Gasteiger partial charge in [0.05, 0.1) is 12.5 Å². The highest BCUT2D eigenvalue weighted by atomic mass is 16.4. The molecule has 0 aliphatic carbocycles. The van der Waals surface area contributed by atoms with Crippen molar-refractivity contribution in [1.82, 2.24) is 35.0 Å². The predicted molar refractivity (Wildman–Crippen MR) is 63.1 cm³/mol. The normalized spacial score (nSPS) is 12.5. The van der Waals surface area contributed by atoms with Crippen LogP contribution in [-0.4, -0.2) is 46.0 Å². The average molecular weight is 265 g/mol. The van der Waals surface area contributed by atoms with E-state index < -0.39 is 5.97 Å². The van der Waals surface area contributed by atoms with E-state index in [0.717, 1.165) is 6.42 Å². The van der Waals surface area contributed by atoms with E-state index in [4.69, 9.17) is 5.11 Å². The van der Waals surface area contributed by atoms with Crippen molar-refractivity contribution in [2.75, 3.05) is 0 Å². The molecule has 0 aliphatic heterocycles. The van der Waals surface area contributed by atoms with Crippen molar-refractivity contribution >= 4 is 5.97 Å². The van der Waals surface area contributed by atoms with Crippen LogP contribution in [0, 0.1) is 0 Å². The van der Waals surface area contributed by atoms with E-state index in [9.17, 15) is 4.79 Å². The topological polar surface area (TPSA) is 112 Å². The number of rotatable bonds is 7. The maximum absolute atomic E-state index is 10.9. The van der Waals surface area contributed by atoms with E-state index in [-0.39, 0.29) is 12.5 Å². The number of hydrogen-bond acceptors (Lipinski definition) is 6. The van der Waals surface area contributed by atoms with Crippen molar-refractivity contribution in [2.24, 2.45) is 0 Å². The summed E-state index contributed by atoms with van der Waals surface area (Å²) < 4.78 is 3.16. The molecule has 0 saturated carbocycles. The van der Waals surface area contributed by atoms with E-state index in [1.807, 2.05) is 6.92 Å². The van der Waals surface area contributed by atoms with Gasteiger partial charge in [-0.2, -0.15) is 5.10 Å². The zero-order chi connectivity index (χ0) is 13.7. The fourth-order valence-corrected chi connectivity index (χ4v) is 1.90. The highest BCUT2D eigenvalue weighted by Gasteiger charge is 2.19. The molecule has 9 heteroatoms. The summed E-state index contributed by atoms with van der Waals surface area (Å²) in [5.74, 6) is -0.286. The maximum atomic E-state index is 10.9. The molecule has 9 nitrogen and oxygen atoms in total. The van der Waals surface area contributed by atoms with Crippen molar-refractivity contribution in [3.8, 4) is 0 Å². The molecule has 0 saturated heterocycles. The van der Waals surface area contributed by atoms with Gasteiger partial charge in [0.25, 0.3) is 0 Å². The molecular weight excluding hydrogens is 250 g/mol. The number of aliphatic carboxylic acids is 1. The van der Waals surface area contributed by atoms with Gasteiger partial charge in [0.2, 0.25) is 0 Å². The fourth-order valence-electron chi connectivity index (χ4n) is 1.90. The summed E-state index contributed by atoms with van der Waals surface area (Å²) in [6.45, 7) is 2.36. The van der Waals surface area contributed by atoms with Gasteiger partial charge in [-0.05, 0) is 16.8 Å². The van der Waals surface area contributed by atoms with Crippen LogP contribution >= 0.6 is 0 Å². The number of nitrogens with zero attached hydrogens (tertiary/aromatic N) is 7. The van der Waals surface area contributed by atoms with Crippen LogP contribution < -0.4 is 0 Å². The van der Waals surface area contributed by atoms with Gasteiger partial charge < -0.3 is 5.11 Å². The smallest absolute Gasteiger partial charge is 0.305 e. The van der Waals surface area contributed by atoms with Crippen LogP contribution in [0.4, 0.5) is 0 Å². The van der Waals surface area contributed by atoms with Crippen LogP contribution in [0.3, 0.4) is 0 Å². The Kier molecular flexibility index (Phi) is 4.16. The number of carbonyl (C=O) groups is 1. The van der Waals surface area contributed by atoms with Crippen molar-refractivity contribution in [3.63, 3.8) is 0 Å². The molecule has 102 valence electrons. The lowest BCUT2D eigenvalue weighted by Crippen LogP contribution is -2.19.